The third-order valence-electron chi connectivity index (χ3n) is 4.55. The number of halogens is 2. The highest BCUT2D eigenvalue weighted by atomic mass is 19.1. The van der Waals surface area contributed by atoms with Gasteiger partial charge < -0.3 is 9.64 Å². The van der Waals surface area contributed by atoms with Gasteiger partial charge in [-0.05, 0) is 48.6 Å². The molecule has 0 saturated carbocycles. The molecular weight excluding hydrogens is 324 g/mol. The highest BCUT2D eigenvalue weighted by Gasteiger charge is 2.23. The molecular formula is C20H21F2NO2. The van der Waals surface area contributed by atoms with Crippen LogP contribution in [0.1, 0.15) is 18.4 Å². The number of hydrogen-bond acceptors (Lipinski definition) is 2. The summed E-state index contributed by atoms with van der Waals surface area (Å²) in [5.74, 6) is -0.00634. The number of piperidine rings is 1. The Morgan fingerprint density at radius 2 is 1.72 bits per heavy atom. The molecule has 2 aromatic rings. The van der Waals surface area contributed by atoms with E-state index in [4.69, 9.17) is 4.74 Å². The topological polar surface area (TPSA) is 29.5 Å². The van der Waals surface area contributed by atoms with Crippen molar-refractivity contribution in [2.45, 2.75) is 19.3 Å². The molecule has 0 aromatic heterocycles. The highest BCUT2D eigenvalue weighted by molar-refractivity contribution is 5.78. The molecule has 25 heavy (non-hydrogen) atoms. The minimum absolute atomic E-state index is 0.0556. The monoisotopic (exact) mass is 345 g/mol. The van der Waals surface area contributed by atoms with Crippen LogP contribution in [0.3, 0.4) is 0 Å². The summed E-state index contributed by atoms with van der Waals surface area (Å²) < 4.78 is 32.0. The Morgan fingerprint density at radius 3 is 2.40 bits per heavy atom. The average molecular weight is 345 g/mol. The molecule has 0 unspecified atom stereocenters. The van der Waals surface area contributed by atoms with E-state index >= 15 is 0 Å². The minimum atomic E-state index is -0.352. The first kappa shape index (κ1) is 17.4. The van der Waals surface area contributed by atoms with Crippen LogP contribution in [0.25, 0.3) is 0 Å². The summed E-state index contributed by atoms with van der Waals surface area (Å²) in [6.07, 6.45) is 1.96. The third-order valence-corrected chi connectivity index (χ3v) is 4.55. The van der Waals surface area contributed by atoms with Crippen molar-refractivity contribution in [2.75, 3.05) is 19.7 Å². The largest absolute Gasteiger partial charge is 0.490 e. The van der Waals surface area contributed by atoms with Gasteiger partial charge in [0.2, 0.25) is 5.91 Å². The van der Waals surface area contributed by atoms with E-state index in [9.17, 15) is 13.6 Å². The maximum atomic E-state index is 13.5. The minimum Gasteiger partial charge on any atom is -0.490 e. The van der Waals surface area contributed by atoms with E-state index in [0.29, 0.717) is 25.6 Å². The van der Waals surface area contributed by atoms with Crippen LogP contribution in [0.5, 0.6) is 5.75 Å². The summed E-state index contributed by atoms with van der Waals surface area (Å²) in [6.45, 7) is 1.80. The van der Waals surface area contributed by atoms with E-state index in [1.807, 2.05) is 4.90 Å². The number of carbonyl (C=O) groups is 1. The lowest BCUT2D eigenvalue weighted by atomic mass is 9.97. The zero-order valence-corrected chi connectivity index (χ0v) is 14.0. The second-order valence-corrected chi connectivity index (χ2v) is 6.37. The van der Waals surface area contributed by atoms with E-state index in [1.54, 1.807) is 30.3 Å². The van der Waals surface area contributed by atoms with Crippen molar-refractivity contribution >= 4 is 5.91 Å². The van der Waals surface area contributed by atoms with Crippen LogP contribution >= 0.6 is 0 Å². The Morgan fingerprint density at radius 1 is 1.04 bits per heavy atom. The molecule has 1 aliphatic heterocycles. The van der Waals surface area contributed by atoms with Crippen molar-refractivity contribution in [3.05, 3.63) is 65.7 Å². The molecule has 1 amide bonds. The van der Waals surface area contributed by atoms with Crippen LogP contribution in [0.2, 0.25) is 0 Å². The Hall–Kier alpha value is -2.43. The predicted molar refractivity (Wildman–Crippen MR) is 91.3 cm³/mol. The predicted octanol–water partition coefficient (Wildman–Crippen LogP) is 3.82. The van der Waals surface area contributed by atoms with E-state index in [2.05, 4.69) is 0 Å². The molecule has 0 bridgehead atoms. The van der Waals surface area contributed by atoms with Gasteiger partial charge in [-0.2, -0.15) is 0 Å². The summed E-state index contributed by atoms with van der Waals surface area (Å²) in [6, 6.07) is 12.4. The lowest BCUT2D eigenvalue weighted by molar-refractivity contribution is -0.132. The number of amides is 1. The van der Waals surface area contributed by atoms with Gasteiger partial charge in [0.1, 0.15) is 5.82 Å². The molecule has 5 heteroatoms. The van der Waals surface area contributed by atoms with Gasteiger partial charge in [0, 0.05) is 13.1 Å². The van der Waals surface area contributed by atoms with Crippen molar-refractivity contribution in [1.82, 2.24) is 4.90 Å². The Balaban J connectivity index is 1.44. The summed E-state index contributed by atoms with van der Waals surface area (Å²) in [5, 5.41) is 0. The van der Waals surface area contributed by atoms with Crippen molar-refractivity contribution < 1.29 is 18.3 Å². The molecule has 1 heterocycles. The number of likely N-dealkylation sites (tertiary alicyclic amines) is 1. The normalized spacial score (nSPS) is 15.2. The first-order valence-electron chi connectivity index (χ1n) is 8.51. The zero-order chi connectivity index (χ0) is 17.6. The fourth-order valence-corrected chi connectivity index (χ4v) is 3.01. The number of benzene rings is 2. The fraction of sp³-hybridized carbons (Fsp3) is 0.350. The van der Waals surface area contributed by atoms with Gasteiger partial charge in [0.15, 0.2) is 11.6 Å². The van der Waals surface area contributed by atoms with Crippen LogP contribution in [0.15, 0.2) is 48.5 Å². The molecule has 0 radical (unpaired) electrons. The smallest absolute Gasteiger partial charge is 0.226 e. The summed E-state index contributed by atoms with van der Waals surface area (Å²) in [5.41, 5.74) is 0.816. The van der Waals surface area contributed by atoms with Crippen molar-refractivity contribution in [1.29, 1.82) is 0 Å². The SMILES string of the molecule is O=C(Cc1ccc(F)cc1)N1CCC(COc2ccccc2F)CC1. The number of para-hydroxylation sites is 1. The molecule has 1 aliphatic rings. The Labute approximate surface area is 146 Å². The maximum Gasteiger partial charge on any atom is 0.226 e. The van der Waals surface area contributed by atoms with E-state index in [1.165, 1.54) is 18.2 Å². The average Bonchev–Trinajstić information content (AvgIpc) is 2.63. The summed E-state index contributed by atoms with van der Waals surface area (Å²) >= 11 is 0. The second kappa shape index (κ2) is 8.10. The molecule has 0 spiro atoms. The van der Waals surface area contributed by atoms with Crippen molar-refractivity contribution in [3.63, 3.8) is 0 Å². The van der Waals surface area contributed by atoms with Crippen LogP contribution in [0, 0.1) is 17.6 Å². The van der Waals surface area contributed by atoms with Crippen molar-refractivity contribution in [2.24, 2.45) is 5.92 Å². The summed E-state index contributed by atoms with van der Waals surface area (Å²) in [7, 11) is 0. The molecule has 0 aliphatic carbocycles. The maximum absolute atomic E-state index is 13.5. The fourth-order valence-electron chi connectivity index (χ4n) is 3.01. The molecule has 3 nitrogen and oxygen atoms in total. The quantitative estimate of drug-likeness (QED) is 0.824. The first-order chi connectivity index (χ1) is 12.1. The van der Waals surface area contributed by atoms with Crippen LogP contribution < -0.4 is 4.74 Å². The standard InChI is InChI=1S/C20H21F2NO2/c21-17-7-5-15(6-8-17)13-20(24)23-11-9-16(10-12-23)14-25-19-4-2-1-3-18(19)22/h1-8,16H,9-14H2. The number of carbonyl (C=O) groups excluding carboxylic acids is 1. The van der Waals surface area contributed by atoms with Gasteiger partial charge in [-0.3, -0.25) is 4.79 Å². The Bertz CT molecular complexity index is 710. The third kappa shape index (κ3) is 4.78. The van der Waals surface area contributed by atoms with Crippen molar-refractivity contribution in [3.8, 4) is 5.75 Å². The summed E-state index contributed by atoms with van der Waals surface area (Å²) in [4.78, 5) is 14.2. The van der Waals surface area contributed by atoms with Crippen LogP contribution in [-0.4, -0.2) is 30.5 Å². The number of hydrogen-bond donors (Lipinski definition) is 0. The second-order valence-electron chi connectivity index (χ2n) is 6.37. The van der Waals surface area contributed by atoms with Crippen LogP contribution in [0.4, 0.5) is 8.78 Å². The van der Waals surface area contributed by atoms with Gasteiger partial charge in [0.05, 0.1) is 13.0 Å². The lowest BCUT2D eigenvalue weighted by Gasteiger charge is -2.32. The van der Waals surface area contributed by atoms with E-state index in [-0.39, 0.29) is 29.7 Å². The van der Waals surface area contributed by atoms with Crippen LogP contribution in [-0.2, 0) is 11.2 Å². The molecule has 0 atom stereocenters. The number of ether oxygens (including phenoxy) is 1. The molecule has 132 valence electrons. The van der Waals surface area contributed by atoms with E-state index < -0.39 is 0 Å². The van der Waals surface area contributed by atoms with Gasteiger partial charge in [-0.25, -0.2) is 8.78 Å². The molecule has 1 saturated heterocycles. The van der Waals surface area contributed by atoms with Gasteiger partial charge >= 0.3 is 0 Å². The van der Waals surface area contributed by atoms with Gasteiger partial charge in [0.25, 0.3) is 0 Å². The van der Waals surface area contributed by atoms with Gasteiger partial charge in [-0.15, -0.1) is 0 Å². The zero-order valence-electron chi connectivity index (χ0n) is 14.0. The highest BCUT2D eigenvalue weighted by Crippen LogP contribution is 2.21. The molecule has 2 aromatic carbocycles. The molecule has 1 fully saturated rings. The molecule has 3 rings (SSSR count). The van der Waals surface area contributed by atoms with Gasteiger partial charge in [-0.1, -0.05) is 24.3 Å². The number of nitrogens with zero attached hydrogens (tertiary/aromatic N) is 1. The van der Waals surface area contributed by atoms with E-state index in [0.717, 1.165) is 18.4 Å². The molecule has 0 N–H and O–H groups in total. The number of rotatable bonds is 5. The Kier molecular flexibility index (Phi) is 5.64. The first-order valence-corrected chi connectivity index (χ1v) is 8.51. The lowest BCUT2D eigenvalue weighted by Crippen LogP contribution is -2.40.